The summed E-state index contributed by atoms with van der Waals surface area (Å²) in [5.41, 5.74) is 2.04. The first-order chi connectivity index (χ1) is 9.18. The third-order valence-corrected chi connectivity index (χ3v) is 3.13. The number of aliphatic hydroxyl groups excluding tert-OH is 1. The van der Waals surface area contributed by atoms with Gasteiger partial charge < -0.3 is 10.4 Å². The minimum Gasteiger partial charge on any atom is -0.386 e. The topological polar surface area (TPSA) is 32.3 Å². The average molecular weight is 255 g/mol. The lowest BCUT2D eigenvalue weighted by Crippen LogP contribution is -2.32. The van der Waals surface area contributed by atoms with Crippen LogP contribution in [0.15, 0.2) is 60.7 Å². The molecule has 0 fully saturated rings. The Morgan fingerprint density at radius 3 is 1.74 bits per heavy atom. The monoisotopic (exact) mass is 255 g/mol. The predicted octanol–water partition coefficient (Wildman–Crippen LogP) is 3.46. The molecule has 2 atom stereocenters. The molecule has 2 aromatic carbocycles. The molecule has 2 nitrogen and oxygen atoms in total. The molecule has 2 rings (SSSR count). The molecule has 2 N–H and O–H groups in total. The number of hydrogen-bond acceptors (Lipinski definition) is 2. The molecule has 0 radical (unpaired) electrons. The van der Waals surface area contributed by atoms with E-state index < -0.39 is 6.10 Å². The minimum absolute atomic E-state index is 0.0939. The van der Waals surface area contributed by atoms with Crippen LogP contribution in [0.4, 0.5) is 0 Å². The van der Waals surface area contributed by atoms with Crippen molar-refractivity contribution in [3.05, 3.63) is 71.8 Å². The quantitative estimate of drug-likeness (QED) is 0.857. The van der Waals surface area contributed by atoms with E-state index in [-0.39, 0.29) is 6.04 Å². The highest BCUT2D eigenvalue weighted by molar-refractivity contribution is 5.26. The van der Waals surface area contributed by atoms with Crippen molar-refractivity contribution in [1.29, 1.82) is 0 Å². The van der Waals surface area contributed by atoms with Crippen molar-refractivity contribution in [2.75, 3.05) is 0 Å². The third-order valence-electron chi connectivity index (χ3n) is 3.13. The second-order valence-electron chi connectivity index (χ2n) is 5.07. The molecule has 0 aromatic heterocycles. The van der Waals surface area contributed by atoms with Crippen LogP contribution in [-0.4, -0.2) is 11.1 Å². The Kier molecular flexibility index (Phi) is 4.72. The maximum atomic E-state index is 10.6. The van der Waals surface area contributed by atoms with E-state index >= 15 is 0 Å². The largest absolute Gasteiger partial charge is 0.386 e. The van der Waals surface area contributed by atoms with E-state index in [1.54, 1.807) is 0 Å². The SMILES string of the molecule is CC(C)N[C@H](c1ccccc1)[C@@H](O)c1ccccc1. The fourth-order valence-corrected chi connectivity index (χ4v) is 2.23. The van der Waals surface area contributed by atoms with E-state index in [0.29, 0.717) is 6.04 Å². The normalized spacial score (nSPS) is 14.3. The molecule has 0 bridgehead atoms. The van der Waals surface area contributed by atoms with Crippen LogP contribution in [0.25, 0.3) is 0 Å². The van der Waals surface area contributed by atoms with Crippen LogP contribution < -0.4 is 5.32 Å². The predicted molar refractivity (Wildman–Crippen MR) is 78.9 cm³/mol. The zero-order valence-electron chi connectivity index (χ0n) is 11.5. The second-order valence-corrected chi connectivity index (χ2v) is 5.07. The van der Waals surface area contributed by atoms with Gasteiger partial charge in [0.2, 0.25) is 0 Å². The van der Waals surface area contributed by atoms with E-state index in [1.165, 1.54) is 0 Å². The number of aliphatic hydroxyl groups is 1. The summed E-state index contributed by atoms with van der Waals surface area (Å²) in [7, 11) is 0. The number of hydrogen-bond donors (Lipinski definition) is 2. The maximum Gasteiger partial charge on any atom is 0.0984 e. The zero-order chi connectivity index (χ0) is 13.7. The van der Waals surface area contributed by atoms with Gasteiger partial charge in [-0.3, -0.25) is 0 Å². The molecule has 0 saturated carbocycles. The van der Waals surface area contributed by atoms with E-state index in [4.69, 9.17) is 0 Å². The van der Waals surface area contributed by atoms with Crippen LogP contribution in [0.2, 0.25) is 0 Å². The summed E-state index contributed by atoms with van der Waals surface area (Å²) in [6.07, 6.45) is -0.550. The van der Waals surface area contributed by atoms with Crippen molar-refractivity contribution in [2.45, 2.75) is 32.0 Å². The van der Waals surface area contributed by atoms with Gasteiger partial charge in [-0.1, -0.05) is 74.5 Å². The molecule has 100 valence electrons. The molecule has 0 unspecified atom stereocenters. The molecule has 0 amide bonds. The number of nitrogens with one attached hydrogen (secondary N) is 1. The van der Waals surface area contributed by atoms with Gasteiger partial charge in [0, 0.05) is 6.04 Å². The van der Waals surface area contributed by atoms with Crippen LogP contribution in [0.5, 0.6) is 0 Å². The molecular weight excluding hydrogens is 234 g/mol. The summed E-state index contributed by atoms with van der Waals surface area (Å²) in [6.45, 7) is 4.18. The van der Waals surface area contributed by atoms with Crippen LogP contribution in [-0.2, 0) is 0 Å². The van der Waals surface area contributed by atoms with Crippen molar-refractivity contribution >= 4 is 0 Å². The van der Waals surface area contributed by atoms with Crippen molar-refractivity contribution in [2.24, 2.45) is 0 Å². The molecule has 0 aliphatic heterocycles. The van der Waals surface area contributed by atoms with Gasteiger partial charge >= 0.3 is 0 Å². The Bertz CT molecular complexity index is 481. The summed E-state index contributed by atoms with van der Waals surface area (Å²) in [4.78, 5) is 0. The lowest BCUT2D eigenvalue weighted by atomic mass is 9.95. The third kappa shape index (κ3) is 3.66. The summed E-state index contributed by atoms with van der Waals surface area (Å²) < 4.78 is 0. The average Bonchev–Trinajstić information content (AvgIpc) is 2.46. The highest BCUT2D eigenvalue weighted by Gasteiger charge is 2.22. The summed E-state index contributed by atoms with van der Waals surface area (Å²) >= 11 is 0. The Hall–Kier alpha value is -1.64. The zero-order valence-corrected chi connectivity index (χ0v) is 11.5. The second kappa shape index (κ2) is 6.50. The van der Waals surface area contributed by atoms with Gasteiger partial charge in [0.25, 0.3) is 0 Å². The summed E-state index contributed by atoms with van der Waals surface area (Å²) in [6, 6.07) is 20.1. The van der Waals surface area contributed by atoms with Crippen LogP contribution in [0, 0.1) is 0 Å². The van der Waals surface area contributed by atoms with Gasteiger partial charge in [0.1, 0.15) is 0 Å². The van der Waals surface area contributed by atoms with Crippen molar-refractivity contribution in [3.63, 3.8) is 0 Å². The van der Waals surface area contributed by atoms with Crippen molar-refractivity contribution in [3.8, 4) is 0 Å². The van der Waals surface area contributed by atoms with E-state index in [1.807, 2.05) is 60.7 Å². The van der Waals surface area contributed by atoms with E-state index in [0.717, 1.165) is 11.1 Å². The van der Waals surface area contributed by atoms with E-state index in [2.05, 4.69) is 19.2 Å². The molecule has 0 heterocycles. The van der Waals surface area contributed by atoms with Gasteiger partial charge in [-0.05, 0) is 11.1 Å². The van der Waals surface area contributed by atoms with Crippen LogP contribution in [0.1, 0.15) is 37.1 Å². The molecule has 19 heavy (non-hydrogen) atoms. The van der Waals surface area contributed by atoms with Crippen molar-refractivity contribution in [1.82, 2.24) is 5.32 Å². The highest BCUT2D eigenvalue weighted by Crippen LogP contribution is 2.28. The van der Waals surface area contributed by atoms with Gasteiger partial charge in [-0.2, -0.15) is 0 Å². The molecule has 2 aromatic rings. The Balaban J connectivity index is 2.28. The Morgan fingerprint density at radius 1 is 0.789 bits per heavy atom. The van der Waals surface area contributed by atoms with Gasteiger partial charge in [0.15, 0.2) is 0 Å². The maximum absolute atomic E-state index is 10.6. The minimum atomic E-state index is -0.550. The molecule has 0 aliphatic carbocycles. The van der Waals surface area contributed by atoms with Crippen LogP contribution in [0.3, 0.4) is 0 Å². The molecule has 2 heteroatoms. The smallest absolute Gasteiger partial charge is 0.0984 e. The van der Waals surface area contributed by atoms with Crippen molar-refractivity contribution < 1.29 is 5.11 Å². The van der Waals surface area contributed by atoms with Gasteiger partial charge in [0.05, 0.1) is 12.1 Å². The lowest BCUT2D eigenvalue weighted by Gasteiger charge is -2.27. The molecule has 0 spiro atoms. The lowest BCUT2D eigenvalue weighted by molar-refractivity contribution is 0.124. The first kappa shape index (κ1) is 13.8. The first-order valence-electron chi connectivity index (χ1n) is 6.72. The Morgan fingerprint density at radius 2 is 1.26 bits per heavy atom. The fraction of sp³-hybridized carbons (Fsp3) is 0.294. The van der Waals surface area contributed by atoms with Gasteiger partial charge in [-0.15, -0.1) is 0 Å². The number of benzene rings is 2. The fourth-order valence-electron chi connectivity index (χ4n) is 2.23. The highest BCUT2D eigenvalue weighted by atomic mass is 16.3. The molecular formula is C17H21NO. The van der Waals surface area contributed by atoms with Gasteiger partial charge in [-0.25, -0.2) is 0 Å². The summed E-state index contributed by atoms with van der Waals surface area (Å²) in [5.74, 6) is 0. The number of rotatable bonds is 5. The Labute approximate surface area is 115 Å². The summed E-state index contributed by atoms with van der Waals surface area (Å²) in [5, 5.41) is 14.1. The van der Waals surface area contributed by atoms with Crippen LogP contribution >= 0.6 is 0 Å². The molecule has 0 aliphatic rings. The van der Waals surface area contributed by atoms with E-state index in [9.17, 15) is 5.11 Å². The molecule has 0 saturated heterocycles. The standard InChI is InChI=1S/C17H21NO/c1-13(2)18-16(14-9-5-3-6-10-14)17(19)15-11-7-4-8-12-15/h3-13,16-19H,1-2H3/t16-,17+/m1/s1. The first-order valence-corrected chi connectivity index (χ1v) is 6.72.